The van der Waals surface area contributed by atoms with Crippen LogP contribution >= 0.6 is 0 Å². The summed E-state index contributed by atoms with van der Waals surface area (Å²) in [6, 6.07) is 1.69. The molecule has 0 saturated heterocycles. The van der Waals surface area contributed by atoms with E-state index >= 15 is 0 Å². The highest BCUT2D eigenvalue weighted by atomic mass is 19.3. The molecule has 0 heterocycles. The maximum atomic E-state index is 12.2. The van der Waals surface area contributed by atoms with E-state index in [1.54, 1.807) is 6.07 Å². The number of rotatable bonds is 2. The fourth-order valence-electron chi connectivity index (χ4n) is 0.316. The van der Waals surface area contributed by atoms with E-state index in [2.05, 4.69) is 0 Å². The van der Waals surface area contributed by atoms with Crippen LogP contribution in [0.4, 0.5) is 8.78 Å². The maximum absolute atomic E-state index is 12.2. The van der Waals surface area contributed by atoms with Gasteiger partial charge in [0.25, 0.3) is 0 Å². The average molecular weight is 133 g/mol. The van der Waals surface area contributed by atoms with Crippen LogP contribution in [0.25, 0.3) is 0 Å². The standard InChI is InChI=1S/C6H9F2N/c1-5(3-4-9)6(2,7)8/h5H,3H2,1-2H3. The number of nitriles is 1. The van der Waals surface area contributed by atoms with Crippen molar-refractivity contribution in [2.45, 2.75) is 26.2 Å². The minimum atomic E-state index is -2.71. The minimum absolute atomic E-state index is 0.0799. The van der Waals surface area contributed by atoms with Gasteiger partial charge in [0, 0.05) is 12.3 Å². The van der Waals surface area contributed by atoms with Crippen LogP contribution in [0.15, 0.2) is 0 Å². The van der Waals surface area contributed by atoms with E-state index in [1.165, 1.54) is 6.92 Å². The quantitative estimate of drug-likeness (QED) is 0.566. The smallest absolute Gasteiger partial charge is 0.207 e. The van der Waals surface area contributed by atoms with Crippen LogP contribution in [-0.2, 0) is 0 Å². The lowest BCUT2D eigenvalue weighted by Crippen LogP contribution is -2.20. The van der Waals surface area contributed by atoms with E-state index in [0.29, 0.717) is 0 Å². The van der Waals surface area contributed by atoms with E-state index in [-0.39, 0.29) is 6.42 Å². The van der Waals surface area contributed by atoms with E-state index in [1.807, 2.05) is 0 Å². The van der Waals surface area contributed by atoms with Gasteiger partial charge < -0.3 is 0 Å². The summed E-state index contributed by atoms with van der Waals surface area (Å²) >= 11 is 0. The summed E-state index contributed by atoms with van der Waals surface area (Å²) in [6.07, 6.45) is -0.0799. The van der Waals surface area contributed by atoms with Gasteiger partial charge in [0.1, 0.15) is 0 Å². The molecular weight excluding hydrogens is 124 g/mol. The summed E-state index contributed by atoms with van der Waals surface area (Å²) < 4.78 is 24.3. The molecule has 0 N–H and O–H groups in total. The molecule has 0 aliphatic rings. The first kappa shape index (κ1) is 8.35. The zero-order chi connectivity index (χ0) is 7.49. The number of alkyl halides is 2. The molecule has 0 amide bonds. The normalized spacial score (nSPS) is 14.6. The van der Waals surface area contributed by atoms with Gasteiger partial charge in [-0.15, -0.1) is 0 Å². The molecule has 0 fully saturated rings. The summed E-state index contributed by atoms with van der Waals surface area (Å²) in [5, 5.41) is 8.02. The van der Waals surface area contributed by atoms with Crippen molar-refractivity contribution < 1.29 is 8.78 Å². The Morgan fingerprint density at radius 3 is 2.22 bits per heavy atom. The maximum Gasteiger partial charge on any atom is 0.248 e. The van der Waals surface area contributed by atoms with Crippen molar-refractivity contribution >= 4 is 0 Å². The third-order valence-corrected chi connectivity index (χ3v) is 1.26. The van der Waals surface area contributed by atoms with Gasteiger partial charge in [0.2, 0.25) is 5.92 Å². The lowest BCUT2D eigenvalue weighted by molar-refractivity contribution is -0.0304. The van der Waals surface area contributed by atoms with Crippen molar-refractivity contribution in [2.24, 2.45) is 5.92 Å². The molecule has 1 nitrogen and oxygen atoms in total. The Bertz CT molecular complexity index is 120. The predicted molar refractivity (Wildman–Crippen MR) is 30.0 cm³/mol. The summed E-state index contributed by atoms with van der Waals surface area (Å²) in [4.78, 5) is 0. The van der Waals surface area contributed by atoms with Crippen LogP contribution in [0.2, 0.25) is 0 Å². The van der Waals surface area contributed by atoms with Gasteiger partial charge in [-0.1, -0.05) is 6.92 Å². The minimum Gasteiger partial charge on any atom is -0.207 e. The summed E-state index contributed by atoms with van der Waals surface area (Å²) in [7, 11) is 0. The zero-order valence-electron chi connectivity index (χ0n) is 5.49. The molecule has 52 valence electrons. The Kier molecular flexibility index (Phi) is 2.57. The zero-order valence-corrected chi connectivity index (χ0v) is 5.49. The second kappa shape index (κ2) is 2.77. The topological polar surface area (TPSA) is 23.8 Å². The Morgan fingerprint density at radius 1 is 1.67 bits per heavy atom. The first-order chi connectivity index (χ1) is 3.98. The number of hydrogen-bond donors (Lipinski definition) is 0. The number of hydrogen-bond acceptors (Lipinski definition) is 1. The Labute approximate surface area is 53.3 Å². The third kappa shape index (κ3) is 3.02. The van der Waals surface area contributed by atoms with Gasteiger partial charge in [-0.25, -0.2) is 8.78 Å². The molecule has 0 spiro atoms. The van der Waals surface area contributed by atoms with Gasteiger partial charge in [0.15, 0.2) is 0 Å². The number of nitrogens with zero attached hydrogens (tertiary/aromatic N) is 1. The molecule has 0 bridgehead atoms. The van der Waals surface area contributed by atoms with Crippen molar-refractivity contribution in [1.82, 2.24) is 0 Å². The van der Waals surface area contributed by atoms with Gasteiger partial charge in [-0.05, 0) is 6.92 Å². The fraction of sp³-hybridized carbons (Fsp3) is 0.833. The second-order valence-electron chi connectivity index (χ2n) is 2.22. The molecule has 0 aromatic carbocycles. The molecule has 3 heteroatoms. The van der Waals surface area contributed by atoms with Crippen LogP contribution < -0.4 is 0 Å². The predicted octanol–water partition coefficient (Wildman–Crippen LogP) is 2.19. The van der Waals surface area contributed by atoms with Gasteiger partial charge in [-0.2, -0.15) is 5.26 Å². The van der Waals surface area contributed by atoms with Crippen molar-refractivity contribution in [2.75, 3.05) is 0 Å². The summed E-state index contributed by atoms with van der Waals surface area (Å²) in [5.74, 6) is -3.54. The second-order valence-corrected chi connectivity index (χ2v) is 2.22. The molecule has 0 aromatic heterocycles. The van der Waals surface area contributed by atoms with E-state index in [0.717, 1.165) is 6.92 Å². The lowest BCUT2D eigenvalue weighted by Gasteiger charge is -2.15. The fourth-order valence-corrected chi connectivity index (χ4v) is 0.316. The van der Waals surface area contributed by atoms with Crippen LogP contribution in [0.1, 0.15) is 20.3 Å². The van der Waals surface area contributed by atoms with Crippen LogP contribution in [0.3, 0.4) is 0 Å². The molecule has 9 heavy (non-hydrogen) atoms. The molecule has 0 aromatic rings. The first-order valence-electron chi connectivity index (χ1n) is 2.73. The van der Waals surface area contributed by atoms with E-state index in [9.17, 15) is 8.78 Å². The highest BCUT2D eigenvalue weighted by molar-refractivity contribution is 4.79. The molecule has 0 aliphatic heterocycles. The van der Waals surface area contributed by atoms with E-state index in [4.69, 9.17) is 5.26 Å². The lowest BCUT2D eigenvalue weighted by atomic mass is 10.0. The monoisotopic (exact) mass is 133 g/mol. The Morgan fingerprint density at radius 2 is 2.11 bits per heavy atom. The largest absolute Gasteiger partial charge is 0.248 e. The van der Waals surface area contributed by atoms with Crippen molar-refractivity contribution in [3.8, 4) is 6.07 Å². The molecule has 0 radical (unpaired) electrons. The summed E-state index contributed by atoms with van der Waals surface area (Å²) in [6.45, 7) is 2.19. The van der Waals surface area contributed by atoms with Crippen molar-refractivity contribution in [3.05, 3.63) is 0 Å². The summed E-state index contributed by atoms with van der Waals surface area (Å²) in [5.41, 5.74) is 0. The molecule has 1 atom stereocenters. The molecular formula is C6H9F2N. The van der Waals surface area contributed by atoms with Gasteiger partial charge >= 0.3 is 0 Å². The van der Waals surface area contributed by atoms with Crippen LogP contribution in [0, 0.1) is 17.2 Å². The van der Waals surface area contributed by atoms with Crippen molar-refractivity contribution in [3.63, 3.8) is 0 Å². The van der Waals surface area contributed by atoms with Crippen LogP contribution in [-0.4, -0.2) is 5.92 Å². The highest BCUT2D eigenvalue weighted by Gasteiger charge is 2.29. The molecule has 0 aliphatic carbocycles. The number of halogens is 2. The average Bonchev–Trinajstić information content (AvgIpc) is 1.64. The van der Waals surface area contributed by atoms with Gasteiger partial charge in [0.05, 0.1) is 6.07 Å². The SMILES string of the molecule is CC(CC#N)C(C)(F)F. The third-order valence-electron chi connectivity index (χ3n) is 1.26. The molecule has 0 saturated carbocycles. The van der Waals surface area contributed by atoms with E-state index < -0.39 is 11.8 Å². The van der Waals surface area contributed by atoms with Gasteiger partial charge in [-0.3, -0.25) is 0 Å². The highest BCUT2D eigenvalue weighted by Crippen LogP contribution is 2.25. The molecule has 0 rings (SSSR count). The first-order valence-corrected chi connectivity index (χ1v) is 2.73. The molecule has 1 unspecified atom stereocenters. The Hall–Kier alpha value is -0.650. The Balaban J connectivity index is 3.76. The van der Waals surface area contributed by atoms with Crippen LogP contribution in [0.5, 0.6) is 0 Å². The van der Waals surface area contributed by atoms with Crippen molar-refractivity contribution in [1.29, 1.82) is 5.26 Å².